The fraction of sp³-hybridized carbons (Fsp3) is 0.500. The van der Waals surface area contributed by atoms with Gasteiger partial charge in [-0.05, 0) is 0 Å². The van der Waals surface area contributed by atoms with E-state index in [-0.39, 0.29) is 0 Å². The second-order valence-electron chi connectivity index (χ2n) is 2.67. The van der Waals surface area contributed by atoms with Crippen molar-refractivity contribution in [2.45, 2.75) is 0 Å². The summed E-state index contributed by atoms with van der Waals surface area (Å²) in [6.07, 6.45) is 3.03. The van der Waals surface area contributed by atoms with Crippen molar-refractivity contribution in [1.29, 1.82) is 0 Å². The zero-order chi connectivity index (χ0) is 10.4. The van der Waals surface area contributed by atoms with Crippen molar-refractivity contribution in [2.24, 2.45) is 0 Å². The van der Waals surface area contributed by atoms with Crippen molar-refractivity contribution in [1.82, 2.24) is 9.97 Å². The fourth-order valence-corrected chi connectivity index (χ4v) is 1.53. The Balaban J connectivity index is 2.81. The molecule has 1 rings (SSSR count). The van der Waals surface area contributed by atoms with Gasteiger partial charge in [0, 0.05) is 24.8 Å². The van der Waals surface area contributed by atoms with Crippen molar-refractivity contribution in [3.8, 4) is 0 Å². The van der Waals surface area contributed by atoms with E-state index in [0.29, 0.717) is 36.4 Å². The first-order valence-electron chi connectivity index (χ1n) is 4.22. The van der Waals surface area contributed by atoms with E-state index >= 15 is 0 Å². The van der Waals surface area contributed by atoms with Crippen molar-refractivity contribution < 1.29 is 0 Å². The van der Waals surface area contributed by atoms with Crippen LogP contribution in [0, 0.1) is 0 Å². The molecule has 0 saturated carbocycles. The minimum atomic E-state index is 0.514. The Morgan fingerprint density at radius 3 is 2.43 bits per heavy atom. The maximum Gasteiger partial charge on any atom is 0.155 e. The lowest BCUT2D eigenvalue weighted by molar-refractivity contribution is 0.850. The zero-order valence-electron chi connectivity index (χ0n) is 7.66. The highest BCUT2D eigenvalue weighted by atomic mass is 35.5. The normalized spacial score (nSPS) is 10.1. The molecule has 0 aliphatic heterocycles. The van der Waals surface area contributed by atoms with E-state index in [2.05, 4.69) is 9.97 Å². The van der Waals surface area contributed by atoms with Crippen LogP contribution in [0.5, 0.6) is 0 Å². The van der Waals surface area contributed by atoms with Crippen LogP contribution < -0.4 is 10.6 Å². The number of aromatic nitrogens is 2. The first kappa shape index (κ1) is 11.3. The summed E-state index contributed by atoms with van der Waals surface area (Å²) >= 11 is 11.3. The Morgan fingerprint density at radius 1 is 1.29 bits per heavy atom. The van der Waals surface area contributed by atoms with Crippen LogP contribution in [0.25, 0.3) is 0 Å². The molecule has 0 atom stereocenters. The maximum absolute atomic E-state index is 5.73. The summed E-state index contributed by atoms with van der Waals surface area (Å²) in [4.78, 5) is 9.85. The van der Waals surface area contributed by atoms with Crippen LogP contribution >= 0.6 is 23.2 Å². The molecule has 1 aromatic heterocycles. The van der Waals surface area contributed by atoms with Gasteiger partial charge < -0.3 is 10.6 Å². The van der Waals surface area contributed by atoms with E-state index in [4.69, 9.17) is 28.9 Å². The third kappa shape index (κ3) is 2.89. The Labute approximate surface area is 93.0 Å². The van der Waals surface area contributed by atoms with Crippen LogP contribution in [-0.4, -0.2) is 34.8 Å². The molecule has 14 heavy (non-hydrogen) atoms. The van der Waals surface area contributed by atoms with E-state index in [9.17, 15) is 0 Å². The average molecular weight is 235 g/mol. The van der Waals surface area contributed by atoms with Gasteiger partial charge in [-0.25, -0.2) is 9.97 Å². The summed E-state index contributed by atoms with van der Waals surface area (Å²) in [6, 6.07) is 0. The second-order valence-corrected chi connectivity index (χ2v) is 3.42. The summed E-state index contributed by atoms with van der Waals surface area (Å²) in [5.74, 6) is 1.72. The average Bonchev–Trinajstić information content (AvgIpc) is 2.18. The van der Waals surface area contributed by atoms with Gasteiger partial charge in [0.1, 0.15) is 6.33 Å². The first-order valence-corrected chi connectivity index (χ1v) is 5.29. The third-order valence-electron chi connectivity index (χ3n) is 1.73. The smallest absolute Gasteiger partial charge is 0.155 e. The Hall–Kier alpha value is -0.740. The van der Waals surface area contributed by atoms with Crippen LogP contribution in [0.3, 0.4) is 0 Å². The number of nitrogens with two attached hydrogens (primary N) is 1. The lowest BCUT2D eigenvalue weighted by Gasteiger charge is -2.22. The van der Waals surface area contributed by atoms with E-state index in [1.54, 1.807) is 6.20 Å². The Bertz CT molecular complexity index is 276. The van der Waals surface area contributed by atoms with Crippen molar-refractivity contribution in [3.63, 3.8) is 0 Å². The Morgan fingerprint density at radius 2 is 1.93 bits per heavy atom. The number of nitrogens with zero attached hydrogens (tertiary/aromatic N) is 3. The van der Waals surface area contributed by atoms with Crippen molar-refractivity contribution in [2.75, 3.05) is 35.5 Å². The van der Waals surface area contributed by atoms with Gasteiger partial charge in [-0.15, -0.1) is 23.2 Å². The predicted molar refractivity (Wildman–Crippen MR) is 60.1 cm³/mol. The molecule has 0 unspecified atom stereocenters. The summed E-state index contributed by atoms with van der Waals surface area (Å²) < 4.78 is 0. The molecule has 0 fully saturated rings. The number of nitrogen functional groups attached to an aromatic ring is 1. The number of halogens is 2. The van der Waals surface area contributed by atoms with Crippen LogP contribution in [-0.2, 0) is 0 Å². The standard InChI is InChI=1S/C8H12Cl2N4/c9-1-3-14(4-2-10)8-7(11)5-12-6-13-8/h5-6H,1-4,11H2. The number of hydrogen-bond donors (Lipinski definition) is 1. The van der Waals surface area contributed by atoms with E-state index in [0.717, 1.165) is 0 Å². The molecule has 0 bridgehead atoms. The van der Waals surface area contributed by atoms with Crippen LogP contribution in [0.2, 0.25) is 0 Å². The molecule has 0 spiro atoms. The summed E-state index contributed by atoms with van der Waals surface area (Å²) in [5.41, 5.74) is 6.27. The lowest BCUT2D eigenvalue weighted by atomic mass is 10.4. The largest absolute Gasteiger partial charge is 0.394 e. The molecule has 0 saturated heterocycles. The highest BCUT2D eigenvalue weighted by Crippen LogP contribution is 2.17. The molecule has 1 heterocycles. The molecule has 2 N–H and O–H groups in total. The van der Waals surface area contributed by atoms with E-state index < -0.39 is 0 Å². The van der Waals surface area contributed by atoms with Gasteiger partial charge in [0.05, 0.1) is 11.9 Å². The molecule has 1 aromatic rings. The van der Waals surface area contributed by atoms with Gasteiger partial charge in [0.2, 0.25) is 0 Å². The van der Waals surface area contributed by atoms with Gasteiger partial charge in [-0.1, -0.05) is 0 Å². The van der Waals surface area contributed by atoms with Gasteiger partial charge >= 0.3 is 0 Å². The van der Waals surface area contributed by atoms with Crippen molar-refractivity contribution >= 4 is 34.7 Å². The number of hydrogen-bond acceptors (Lipinski definition) is 4. The Kier molecular flexibility index (Phi) is 4.76. The van der Waals surface area contributed by atoms with E-state index in [1.807, 2.05) is 4.90 Å². The molecule has 6 heteroatoms. The molecule has 0 aliphatic carbocycles. The molecule has 0 aromatic carbocycles. The monoisotopic (exact) mass is 234 g/mol. The van der Waals surface area contributed by atoms with Crippen molar-refractivity contribution in [3.05, 3.63) is 12.5 Å². The SMILES string of the molecule is Nc1cncnc1N(CCCl)CCCl. The molecule has 4 nitrogen and oxygen atoms in total. The highest BCUT2D eigenvalue weighted by Gasteiger charge is 2.09. The molecule has 0 aliphatic rings. The first-order chi connectivity index (χ1) is 6.79. The number of anilines is 2. The molecular formula is C8H12Cl2N4. The number of rotatable bonds is 5. The third-order valence-corrected chi connectivity index (χ3v) is 2.06. The van der Waals surface area contributed by atoms with Gasteiger partial charge in [-0.3, -0.25) is 0 Å². The zero-order valence-corrected chi connectivity index (χ0v) is 9.17. The topological polar surface area (TPSA) is 55.0 Å². The van der Waals surface area contributed by atoms with Gasteiger partial charge in [0.25, 0.3) is 0 Å². The van der Waals surface area contributed by atoms with Crippen LogP contribution in [0.4, 0.5) is 11.5 Å². The summed E-state index contributed by atoms with van der Waals surface area (Å²) in [6.45, 7) is 1.35. The van der Waals surface area contributed by atoms with Crippen LogP contribution in [0.1, 0.15) is 0 Å². The van der Waals surface area contributed by atoms with Crippen LogP contribution in [0.15, 0.2) is 12.5 Å². The predicted octanol–water partition coefficient (Wildman–Crippen LogP) is 1.34. The van der Waals surface area contributed by atoms with Gasteiger partial charge in [0.15, 0.2) is 5.82 Å². The second kappa shape index (κ2) is 5.88. The maximum atomic E-state index is 5.73. The molecule has 78 valence electrons. The van der Waals surface area contributed by atoms with Gasteiger partial charge in [-0.2, -0.15) is 0 Å². The fourth-order valence-electron chi connectivity index (χ4n) is 1.13. The molecular weight excluding hydrogens is 223 g/mol. The minimum Gasteiger partial charge on any atom is -0.394 e. The summed E-state index contributed by atoms with van der Waals surface area (Å²) in [7, 11) is 0. The molecule has 0 radical (unpaired) electrons. The summed E-state index contributed by atoms with van der Waals surface area (Å²) in [5, 5.41) is 0. The highest BCUT2D eigenvalue weighted by molar-refractivity contribution is 6.18. The minimum absolute atomic E-state index is 0.514. The lowest BCUT2D eigenvalue weighted by Crippen LogP contribution is -2.29. The molecule has 0 amide bonds. The van der Waals surface area contributed by atoms with E-state index in [1.165, 1.54) is 6.33 Å². The number of alkyl halides is 2. The quantitative estimate of drug-likeness (QED) is 0.782.